The smallest absolute Gasteiger partial charge is 0.249 e. The van der Waals surface area contributed by atoms with Crippen molar-refractivity contribution in [3.63, 3.8) is 0 Å². The third-order valence-corrected chi connectivity index (χ3v) is 3.47. The molecule has 1 atom stereocenters. The molecule has 0 N–H and O–H groups in total. The van der Waals surface area contributed by atoms with E-state index in [-0.39, 0.29) is 6.10 Å². The van der Waals surface area contributed by atoms with Gasteiger partial charge in [0, 0.05) is 24.9 Å². The molecule has 2 rings (SSSR count). The Morgan fingerprint density at radius 1 is 1.56 bits per heavy atom. The topological polar surface area (TPSA) is 48.3 Å². The zero-order chi connectivity index (χ0) is 13.3. The number of methoxy groups -OCH3 is 1. The van der Waals surface area contributed by atoms with Gasteiger partial charge in [-0.25, -0.2) is 0 Å². The largest absolute Gasteiger partial charge is 0.377 e. The number of ketones is 2. The molecule has 1 aliphatic heterocycles. The molecule has 0 fully saturated rings. The van der Waals surface area contributed by atoms with Gasteiger partial charge in [0.15, 0.2) is 0 Å². The number of nitrogens with zero attached hydrogens (tertiary/aromatic N) is 1. The fraction of sp³-hybridized carbons (Fsp3) is 0.429. The predicted molar refractivity (Wildman–Crippen MR) is 67.7 cm³/mol. The normalized spacial score (nSPS) is 15.2. The Morgan fingerprint density at radius 2 is 2.28 bits per heavy atom. The van der Waals surface area contributed by atoms with Gasteiger partial charge in [0.2, 0.25) is 11.6 Å². The molecule has 0 radical (unpaired) electrons. The summed E-state index contributed by atoms with van der Waals surface area (Å²) in [6, 6.07) is 1.78. The van der Waals surface area contributed by atoms with Gasteiger partial charge in [-0.2, -0.15) is 0 Å². The molecule has 0 aliphatic carbocycles. The van der Waals surface area contributed by atoms with E-state index in [9.17, 15) is 9.59 Å². The van der Waals surface area contributed by atoms with Gasteiger partial charge in [-0.15, -0.1) is 0 Å². The van der Waals surface area contributed by atoms with Crippen molar-refractivity contribution in [3.8, 4) is 0 Å². The highest BCUT2D eigenvalue weighted by Crippen LogP contribution is 2.30. The first-order valence-electron chi connectivity index (χ1n) is 6.06. The van der Waals surface area contributed by atoms with Crippen molar-refractivity contribution in [2.45, 2.75) is 32.4 Å². The Kier molecular flexibility index (Phi) is 3.48. The molecule has 1 aromatic rings. The Bertz CT molecular complexity index is 513. The van der Waals surface area contributed by atoms with Gasteiger partial charge in [-0.05, 0) is 31.9 Å². The number of Topliss-reactive ketones (excluding diaryl/α,β-unsaturated/α-hetero) is 1. The van der Waals surface area contributed by atoms with Gasteiger partial charge >= 0.3 is 0 Å². The molecule has 0 saturated carbocycles. The lowest BCUT2D eigenvalue weighted by atomic mass is 10.1. The molecule has 0 spiro atoms. The molecule has 1 unspecified atom stereocenters. The summed E-state index contributed by atoms with van der Waals surface area (Å²) in [5.41, 5.74) is 2.59. The molecule has 0 saturated heterocycles. The minimum absolute atomic E-state index is 0.0651. The van der Waals surface area contributed by atoms with Crippen LogP contribution in [0.4, 0.5) is 0 Å². The number of hydrogen-bond acceptors (Lipinski definition) is 3. The Morgan fingerprint density at radius 3 is 2.89 bits per heavy atom. The molecule has 96 valence electrons. The van der Waals surface area contributed by atoms with Crippen molar-refractivity contribution < 1.29 is 14.3 Å². The second kappa shape index (κ2) is 4.90. The molecule has 0 aromatic carbocycles. The van der Waals surface area contributed by atoms with Crippen LogP contribution >= 0.6 is 0 Å². The molecule has 0 amide bonds. The standard InChI is InChI=1S/C14H17NO3/c1-4-13(16)14(17)12-8-10(9(2)18-3)11-6-5-7-15(11)12/h4,8-9H,1,5-7H2,2-3H3. The monoisotopic (exact) mass is 247 g/mol. The van der Waals surface area contributed by atoms with Crippen LogP contribution in [0.15, 0.2) is 18.7 Å². The van der Waals surface area contributed by atoms with Gasteiger partial charge in [-0.1, -0.05) is 6.58 Å². The molecular weight excluding hydrogens is 230 g/mol. The van der Waals surface area contributed by atoms with E-state index in [1.54, 1.807) is 13.2 Å². The van der Waals surface area contributed by atoms with E-state index in [4.69, 9.17) is 4.74 Å². The summed E-state index contributed by atoms with van der Waals surface area (Å²) >= 11 is 0. The first-order chi connectivity index (χ1) is 8.60. The fourth-order valence-electron chi connectivity index (χ4n) is 2.44. The van der Waals surface area contributed by atoms with Crippen LogP contribution in [0.25, 0.3) is 0 Å². The van der Waals surface area contributed by atoms with Gasteiger partial charge < -0.3 is 9.30 Å². The van der Waals surface area contributed by atoms with Crippen molar-refractivity contribution in [1.29, 1.82) is 0 Å². The second-order valence-electron chi connectivity index (χ2n) is 4.46. The number of hydrogen-bond donors (Lipinski definition) is 0. The molecule has 0 bridgehead atoms. The summed E-state index contributed by atoms with van der Waals surface area (Å²) in [6.45, 7) is 6.09. The Balaban J connectivity index is 2.47. The zero-order valence-corrected chi connectivity index (χ0v) is 10.7. The van der Waals surface area contributed by atoms with Crippen molar-refractivity contribution in [1.82, 2.24) is 4.57 Å². The maximum Gasteiger partial charge on any atom is 0.249 e. The summed E-state index contributed by atoms with van der Waals surface area (Å²) in [5, 5.41) is 0. The van der Waals surface area contributed by atoms with Gasteiger partial charge in [-0.3, -0.25) is 9.59 Å². The van der Waals surface area contributed by atoms with Crippen LogP contribution in [0.2, 0.25) is 0 Å². The van der Waals surface area contributed by atoms with E-state index in [1.807, 2.05) is 11.5 Å². The lowest BCUT2D eigenvalue weighted by Gasteiger charge is -2.09. The highest BCUT2D eigenvalue weighted by atomic mass is 16.5. The second-order valence-corrected chi connectivity index (χ2v) is 4.46. The number of allylic oxidation sites excluding steroid dienone is 1. The van der Waals surface area contributed by atoms with Gasteiger partial charge in [0.1, 0.15) is 0 Å². The number of rotatable bonds is 5. The Labute approximate surface area is 106 Å². The van der Waals surface area contributed by atoms with Gasteiger partial charge in [0.25, 0.3) is 0 Å². The minimum atomic E-state index is -0.557. The zero-order valence-electron chi connectivity index (χ0n) is 10.7. The number of carbonyl (C=O) groups excluding carboxylic acids is 2. The maximum atomic E-state index is 12.0. The summed E-state index contributed by atoms with van der Waals surface area (Å²) < 4.78 is 7.25. The Hall–Kier alpha value is -1.68. The van der Waals surface area contributed by atoms with Crippen molar-refractivity contribution in [3.05, 3.63) is 35.7 Å². The molecule has 4 heteroatoms. The van der Waals surface area contributed by atoms with E-state index in [2.05, 4.69) is 6.58 Å². The lowest BCUT2D eigenvalue weighted by Crippen LogP contribution is -2.15. The van der Waals surface area contributed by atoms with Crippen LogP contribution in [-0.4, -0.2) is 23.2 Å². The van der Waals surface area contributed by atoms with E-state index in [0.717, 1.165) is 36.7 Å². The summed E-state index contributed by atoms with van der Waals surface area (Å²) in [4.78, 5) is 23.4. The molecule has 18 heavy (non-hydrogen) atoms. The van der Waals surface area contributed by atoms with Crippen LogP contribution in [0, 0.1) is 0 Å². The molecular formula is C14H17NO3. The number of aromatic nitrogens is 1. The lowest BCUT2D eigenvalue weighted by molar-refractivity contribution is -0.111. The van der Waals surface area contributed by atoms with E-state index >= 15 is 0 Å². The van der Waals surface area contributed by atoms with Crippen LogP contribution in [0.1, 0.15) is 41.2 Å². The summed E-state index contributed by atoms with van der Waals surface area (Å²) in [6.07, 6.45) is 2.93. The first-order valence-corrected chi connectivity index (χ1v) is 6.06. The SMILES string of the molecule is C=CC(=O)C(=O)c1cc(C(C)OC)c2n1CCC2. The number of carbonyl (C=O) groups is 2. The molecule has 1 aromatic heterocycles. The predicted octanol–water partition coefficient (Wildman–Crippen LogP) is 2.08. The molecule has 2 heterocycles. The number of fused-ring (bicyclic) bond motifs is 1. The highest BCUT2D eigenvalue weighted by Gasteiger charge is 2.27. The molecule has 1 aliphatic rings. The summed E-state index contributed by atoms with van der Waals surface area (Å²) in [5.74, 6) is -1.04. The van der Waals surface area contributed by atoms with E-state index < -0.39 is 11.6 Å². The van der Waals surface area contributed by atoms with Crippen LogP contribution in [-0.2, 0) is 22.5 Å². The van der Waals surface area contributed by atoms with Crippen LogP contribution in [0.5, 0.6) is 0 Å². The number of ether oxygens (including phenoxy) is 1. The third-order valence-electron chi connectivity index (χ3n) is 3.47. The van der Waals surface area contributed by atoms with Crippen LogP contribution in [0.3, 0.4) is 0 Å². The van der Waals surface area contributed by atoms with E-state index in [0.29, 0.717) is 5.69 Å². The van der Waals surface area contributed by atoms with Crippen molar-refractivity contribution in [2.24, 2.45) is 0 Å². The van der Waals surface area contributed by atoms with Crippen molar-refractivity contribution in [2.75, 3.05) is 7.11 Å². The van der Waals surface area contributed by atoms with Gasteiger partial charge in [0.05, 0.1) is 11.8 Å². The third kappa shape index (κ3) is 1.93. The molecule has 4 nitrogen and oxygen atoms in total. The fourth-order valence-corrected chi connectivity index (χ4v) is 2.44. The highest BCUT2D eigenvalue weighted by molar-refractivity contribution is 6.47. The van der Waals surface area contributed by atoms with Crippen LogP contribution < -0.4 is 0 Å². The minimum Gasteiger partial charge on any atom is -0.377 e. The van der Waals surface area contributed by atoms with E-state index in [1.165, 1.54) is 0 Å². The maximum absolute atomic E-state index is 12.0. The summed E-state index contributed by atoms with van der Waals surface area (Å²) in [7, 11) is 1.64. The average Bonchev–Trinajstić information content (AvgIpc) is 2.97. The van der Waals surface area contributed by atoms with Crippen molar-refractivity contribution >= 4 is 11.6 Å². The average molecular weight is 247 g/mol. The first kappa shape index (κ1) is 12.8. The quantitative estimate of drug-likeness (QED) is 0.454.